The van der Waals surface area contributed by atoms with Gasteiger partial charge in [-0.3, -0.25) is 0 Å². The molecule has 0 amide bonds. The van der Waals surface area contributed by atoms with Crippen LogP contribution in [-0.2, 0) is 10.8 Å². The van der Waals surface area contributed by atoms with E-state index >= 15 is 0 Å². The van der Waals surface area contributed by atoms with Crippen LogP contribution in [0, 0.1) is 0 Å². The molecule has 11 rings (SSSR count). The summed E-state index contributed by atoms with van der Waals surface area (Å²) >= 11 is 0. The van der Waals surface area contributed by atoms with Gasteiger partial charge in [-0.15, -0.1) is 0 Å². The van der Waals surface area contributed by atoms with Gasteiger partial charge in [0.2, 0.25) is 0 Å². The van der Waals surface area contributed by atoms with Crippen LogP contribution in [0.4, 0.5) is 34.1 Å². The van der Waals surface area contributed by atoms with Crippen molar-refractivity contribution in [1.82, 2.24) is 0 Å². The van der Waals surface area contributed by atoms with E-state index in [0.717, 1.165) is 11.4 Å². The highest BCUT2D eigenvalue weighted by atomic mass is 15.2. The zero-order valence-corrected chi connectivity index (χ0v) is 38.2. The van der Waals surface area contributed by atoms with Crippen molar-refractivity contribution < 1.29 is 0 Å². The van der Waals surface area contributed by atoms with Crippen LogP contribution in [0.1, 0.15) is 52.7 Å². The Balaban J connectivity index is 1.22. The summed E-state index contributed by atoms with van der Waals surface area (Å²) in [4.78, 5) is 5.09. The lowest BCUT2D eigenvalue weighted by atomic mass is 9.33. The second-order valence-electron chi connectivity index (χ2n) is 19.8. The fraction of sp³-hybridized carbons (Fsp3) is 0.129. The summed E-state index contributed by atoms with van der Waals surface area (Å²) in [6, 6.07) is 78.9. The first-order valence-electron chi connectivity index (χ1n) is 23.0. The zero-order valence-electron chi connectivity index (χ0n) is 38.2. The Morgan fingerprint density at radius 2 is 0.631 bits per heavy atom. The van der Waals surface area contributed by atoms with E-state index in [1.165, 1.54) is 94.8 Å². The predicted octanol–water partition coefficient (Wildman–Crippen LogP) is 15.0. The molecule has 0 N–H and O–H groups in total. The van der Waals surface area contributed by atoms with Crippen LogP contribution in [0.15, 0.2) is 212 Å². The average molecular weight is 837 g/mol. The highest BCUT2D eigenvalue weighted by molar-refractivity contribution is 7.00. The van der Waals surface area contributed by atoms with Gasteiger partial charge in [-0.1, -0.05) is 205 Å². The second kappa shape index (κ2) is 15.7. The zero-order chi connectivity index (χ0) is 44.5. The Morgan fingerprint density at radius 3 is 0.969 bits per heavy atom. The molecule has 0 atom stereocenters. The minimum absolute atomic E-state index is 0.0252. The van der Waals surface area contributed by atoms with E-state index in [0.29, 0.717) is 0 Å². The van der Waals surface area contributed by atoms with Crippen LogP contribution in [0.25, 0.3) is 44.5 Å². The third-order valence-corrected chi connectivity index (χ3v) is 13.5. The van der Waals surface area contributed by atoms with Crippen molar-refractivity contribution in [2.75, 3.05) is 9.80 Å². The fourth-order valence-corrected chi connectivity index (χ4v) is 10.4. The Kier molecular flexibility index (Phi) is 9.77. The molecule has 0 bridgehead atoms. The molecule has 0 saturated carbocycles. The summed E-state index contributed by atoms with van der Waals surface area (Å²) in [7, 11) is 0. The van der Waals surface area contributed by atoms with Crippen LogP contribution in [-0.4, -0.2) is 6.71 Å². The summed E-state index contributed by atoms with van der Waals surface area (Å²) in [5.41, 5.74) is 23.4. The highest BCUT2D eigenvalue weighted by Crippen LogP contribution is 2.48. The number of hydrogen-bond donors (Lipinski definition) is 0. The monoisotopic (exact) mass is 836 g/mol. The van der Waals surface area contributed by atoms with Crippen molar-refractivity contribution in [3.63, 3.8) is 0 Å². The molecule has 0 aliphatic carbocycles. The topological polar surface area (TPSA) is 6.48 Å². The van der Waals surface area contributed by atoms with Crippen molar-refractivity contribution >= 4 is 57.2 Å². The van der Waals surface area contributed by atoms with Crippen molar-refractivity contribution in [3.8, 4) is 44.5 Å². The van der Waals surface area contributed by atoms with Gasteiger partial charge in [0.15, 0.2) is 0 Å². The average Bonchev–Trinajstić information content (AvgIpc) is 3.34. The summed E-state index contributed by atoms with van der Waals surface area (Å²) in [6.07, 6.45) is 0. The van der Waals surface area contributed by atoms with Crippen LogP contribution in [0.3, 0.4) is 0 Å². The molecule has 0 spiro atoms. The Hall–Kier alpha value is -7.36. The predicted molar refractivity (Wildman–Crippen MR) is 280 cm³/mol. The maximum atomic E-state index is 2.57. The molecule has 2 aliphatic rings. The number of anilines is 6. The van der Waals surface area contributed by atoms with E-state index < -0.39 is 0 Å². The quantitative estimate of drug-likeness (QED) is 0.154. The highest BCUT2D eigenvalue weighted by Gasteiger charge is 2.45. The van der Waals surface area contributed by atoms with Gasteiger partial charge in [-0.05, 0) is 131 Å². The van der Waals surface area contributed by atoms with E-state index in [1.807, 2.05) is 0 Å². The van der Waals surface area contributed by atoms with Gasteiger partial charge >= 0.3 is 0 Å². The number of rotatable bonds is 6. The summed E-state index contributed by atoms with van der Waals surface area (Å²) in [6.45, 7) is 14.2. The summed E-state index contributed by atoms with van der Waals surface area (Å²) in [5.74, 6) is 0. The normalized spacial score (nSPS) is 13.0. The lowest BCUT2D eigenvalue weighted by Crippen LogP contribution is -2.61. The maximum absolute atomic E-state index is 2.57. The first-order valence-corrected chi connectivity index (χ1v) is 23.0. The largest absolute Gasteiger partial charge is 0.311 e. The molecule has 0 aromatic heterocycles. The molecular weight excluding hydrogens is 784 g/mol. The minimum atomic E-state index is -0.125. The fourth-order valence-electron chi connectivity index (χ4n) is 10.4. The smallest absolute Gasteiger partial charge is 0.252 e. The van der Waals surface area contributed by atoms with Gasteiger partial charge in [-0.25, -0.2) is 0 Å². The number of hydrogen-bond acceptors (Lipinski definition) is 2. The Morgan fingerprint density at radius 1 is 0.308 bits per heavy atom. The van der Waals surface area contributed by atoms with Crippen LogP contribution in [0.2, 0.25) is 0 Å². The lowest BCUT2D eigenvalue weighted by molar-refractivity contribution is 0.592. The van der Waals surface area contributed by atoms with Gasteiger partial charge < -0.3 is 9.80 Å². The molecule has 2 heterocycles. The van der Waals surface area contributed by atoms with Gasteiger partial charge in [0.1, 0.15) is 0 Å². The third kappa shape index (κ3) is 7.07. The maximum Gasteiger partial charge on any atom is 0.252 e. The molecule has 3 heteroatoms. The first-order chi connectivity index (χ1) is 31.5. The number of fused-ring (bicyclic) bond motifs is 4. The molecular formula is C62H53BN2. The number of nitrogens with zero attached hydrogens (tertiary/aromatic N) is 2. The number of benzene rings is 9. The van der Waals surface area contributed by atoms with Crippen molar-refractivity contribution in [2.24, 2.45) is 0 Å². The van der Waals surface area contributed by atoms with Gasteiger partial charge in [0.05, 0.1) is 0 Å². The van der Waals surface area contributed by atoms with Crippen molar-refractivity contribution in [1.29, 1.82) is 0 Å². The molecule has 314 valence electrons. The molecule has 65 heavy (non-hydrogen) atoms. The molecule has 0 saturated heterocycles. The van der Waals surface area contributed by atoms with Crippen LogP contribution in [0.5, 0.6) is 0 Å². The van der Waals surface area contributed by atoms with Gasteiger partial charge in [0.25, 0.3) is 6.71 Å². The standard InChI is InChI=1S/C62H53BN2/c1-61(2,3)52-40-54-58(38-50(52)46-24-15-9-16-25-46)64(48-34-30-44(31-35-48)42-20-11-7-12-21-42)56-28-19-29-57-60(56)63(54)55-41-53(62(4,5)6)51(47-26-17-10-18-27-47)39-59(55)65(57)49-36-32-45(33-37-49)43-22-13-8-14-23-43/h7-41H,1-6H3. The molecule has 0 radical (unpaired) electrons. The van der Waals surface area contributed by atoms with Gasteiger partial charge in [0, 0.05) is 34.1 Å². The minimum Gasteiger partial charge on any atom is -0.311 e. The van der Waals surface area contributed by atoms with E-state index in [4.69, 9.17) is 0 Å². The van der Waals surface area contributed by atoms with E-state index in [1.54, 1.807) is 0 Å². The molecule has 2 nitrogen and oxygen atoms in total. The molecule has 0 unspecified atom stereocenters. The molecule has 0 fully saturated rings. The van der Waals surface area contributed by atoms with Crippen molar-refractivity contribution in [2.45, 2.75) is 52.4 Å². The van der Waals surface area contributed by atoms with E-state index in [9.17, 15) is 0 Å². The van der Waals surface area contributed by atoms with E-state index in [-0.39, 0.29) is 17.5 Å². The lowest BCUT2D eigenvalue weighted by Gasteiger charge is -2.45. The van der Waals surface area contributed by atoms with Crippen LogP contribution >= 0.6 is 0 Å². The first kappa shape index (κ1) is 40.4. The molecule has 2 aliphatic heterocycles. The Labute approximate surface area is 385 Å². The van der Waals surface area contributed by atoms with Crippen LogP contribution < -0.4 is 26.2 Å². The molecule has 9 aromatic rings. The Bertz CT molecular complexity index is 2970. The molecule has 9 aromatic carbocycles. The second-order valence-corrected chi connectivity index (χ2v) is 19.8. The summed E-state index contributed by atoms with van der Waals surface area (Å²) in [5, 5.41) is 0. The third-order valence-electron chi connectivity index (χ3n) is 13.5. The SMILES string of the molecule is CC(C)(C)c1cc2c(cc1-c1ccccc1)N(c1ccc(-c3ccccc3)cc1)c1cccc3c1B2c1cc(C(C)(C)C)c(-c2ccccc2)cc1N3c1ccc(-c2ccccc2)cc1. The van der Waals surface area contributed by atoms with Crippen molar-refractivity contribution in [3.05, 3.63) is 223 Å². The summed E-state index contributed by atoms with van der Waals surface area (Å²) < 4.78 is 0. The van der Waals surface area contributed by atoms with Gasteiger partial charge in [-0.2, -0.15) is 0 Å². The van der Waals surface area contributed by atoms with E-state index in [2.05, 4.69) is 264 Å².